The summed E-state index contributed by atoms with van der Waals surface area (Å²) in [7, 11) is 0. The number of ether oxygens (including phenoxy) is 1. The minimum atomic E-state index is -0.938. The molecule has 0 saturated carbocycles. The molecule has 1 aromatic heterocycles. The molecule has 1 aromatic carbocycles. The second-order valence-corrected chi connectivity index (χ2v) is 8.34. The van der Waals surface area contributed by atoms with Gasteiger partial charge in [-0.2, -0.15) is 0 Å². The van der Waals surface area contributed by atoms with Crippen molar-refractivity contribution < 1.29 is 24.2 Å². The predicted molar refractivity (Wildman–Crippen MR) is 107 cm³/mol. The van der Waals surface area contributed by atoms with Gasteiger partial charge in [0.15, 0.2) is 0 Å². The molecule has 1 amide bonds. The largest absolute Gasteiger partial charge is 0.481 e. The van der Waals surface area contributed by atoms with E-state index in [4.69, 9.17) is 9.84 Å². The Bertz CT molecular complexity index is 863. The average Bonchev–Trinajstić information content (AvgIpc) is 2.90. The maximum absolute atomic E-state index is 12.5. The van der Waals surface area contributed by atoms with Gasteiger partial charge in [0, 0.05) is 22.9 Å². The van der Waals surface area contributed by atoms with Crippen LogP contribution in [-0.2, 0) is 19.7 Å². The van der Waals surface area contributed by atoms with Crippen molar-refractivity contribution >= 4 is 44.3 Å². The first-order valence-electron chi connectivity index (χ1n) is 8.89. The van der Waals surface area contributed by atoms with E-state index in [1.54, 1.807) is 6.92 Å². The van der Waals surface area contributed by atoms with E-state index in [2.05, 4.69) is 26.1 Å². The molecule has 0 aliphatic carbocycles. The fourth-order valence-corrected chi connectivity index (χ4v) is 3.79. The number of nitrogens with one attached hydrogen (secondary N) is 1. The summed E-state index contributed by atoms with van der Waals surface area (Å²) in [6.45, 7) is 8.30. The molecule has 6 nitrogen and oxygen atoms in total. The van der Waals surface area contributed by atoms with Gasteiger partial charge >= 0.3 is 11.9 Å². The molecule has 0 aliphatic rings. The molecule has 2 N–H and O–H groups in total. The number of carbonyl (C=O) groups excluding carboxylic acids is 2. The van der Waals surface area contributed by atoms with Gasteiger partial charge in [0.1, 0.15) is 10.6 Å². The van der Waals surface area contributed by atoms with Crippen molar-refractivity contribution in [3.05, 3.63) is 29.3 Å². The van der Waals surface area contributed by atoms with Crippen LogP contribution < -0.4 is 5.32 Å². The smallest absolute Gasteiger partial charge is 0.341 e. The van der Waals surface area contributed by atoms with Gasteiger partial charge in [-0.1, -0.05) is 32.9 Å². The molecule has 0 saturated heterocycles. The van der Waals surface area contributed by atoms with E-state index in [0.717, 1.165) is 15.6 Å². The first-order valence-corrected chi connectivity index (χ1v) is 9.71. The molecule has 0 fully saturated rings. The molecule has 0 atom stereocenters. The Morgan fingerprint density at radius 1 is 1.19 bits per heavy atom. The van der Waals surface area contributed by atoms with Crippen molar-refractivity contribution in [1.29, 1.82) is 0 Å². The molecule has 1 heterocycles. The summed E-state index contributed by atoms with van der Waals surface area (Å²) < 4.78 is 6.06. The summed E-state index contributed by atoms with van der Waals surface area (Å²) in [4.78, 5) is 35.2. The minimum absolute atomic E-state index is 0.0392. The Labute approximate surface area is 162 Å². The Kier molecular flexibility index (Phi) is 6.59. The second kappa shape index (κ2) is 8.52. The third kappa shape index (κ3) is 5.29. The fraction of sp³-hybridized carbons (Fsp3) is 0.450. The molecule has 146 valence electrons. The standard InChI is InChI=1S/C20H25NO5S/c1-5-26-19(25)17-13-10-9-12(20(2,3)4)11-14(13)27-18(17)21-15(22)7-6-8-16(23)24/h9-11H,5-8H2,1-4H3,(H,21,22)(H,23,24). The van der Waals surface area contributed by atoms with E-state index in [0.29, 0.717) is 10.6 Å². The summed E-state index contributed by atoms with van der Waals surface area (Å²) in [5.41, 5.74) is 1.44. The summed E-state index contributed by atoms with van der Waals surface area (Å²) in [5.74, 6) is -1.73. The van der Waals surface area contributed by atoms with Crippen molar-refractivity contribution in [1.82, 2.24) is 0 Å². The van der Waals surface area contributed by atoms with Crippen LogP contribution in [0.25, 0.3) is 10.1 Å². The van der Waals surface area contributed by atoms with E-state index in [-0.39, 0.29) is 37.2 Å². The van der Waals surface area contributed by atoms with Gasteiger partial charge < -0.3 is 15.2 Å². The van der Waals surface area contributed by atoms with E-state index >= 15 is 0 Å². The molecule has 0 radical (unpaired) electrons. The highest BCUT2D eigenvalue weighted by Gasteiger charge is 2.23. The van der Waals surface area contributed by atoms with Gasteiger partial charge in [-0.3, -0.25) is 9.59 Å². The maximum atomic E-state index is 12.5. The lowest BCUT2D eigenvalue weighted by Crippen LogP contribution is -2.14. The third-order valence-corrected chi connectivity index (χ3v) is 5.15. The number of benzene rings is 1. The van der Waals surface area contributed by atoms with Crippen LogP contribution in [0.15, 0.2) is 18.2 Å². The number of carboxylic acid groups (broad SMARTS) is 1. The zero-order chi connectivity index (χ0) is 20.2. The number of hydrogen-bond acceptors (Lipinski definition) is 5. The zero-order valence-corrected chi connectivity index (χ0v) is 16.9. The monoisotopic (exact) mass is 391 g/mol. The summed E-state index contributed by atoms with van der Waals surface area (Å²) >= 11 is 1.33. The normalized spacial score (nSPS) is 11.4. The van der Waals surface area contributed by atoms with Crippen LogP contribution in [0.4, 0.5) is 5.00 Å². The number of thiophene rings is 1. The topological polar surface area (TPSA) is 92.7 Å². The lowest BCUT2D eigenvalue weighted by atomic mass is 9.87. The molecule has 2 aromatic rings. The maximum Gasteiger partial charge on any atom is 0.341 e. The third-order valence-electron chi connectivity index (χ3n) is 4.08. The number of carbonyl (C=O) groups is 3. The zero-order valence-electron chi connectivity index (χ0n) is 16.0. The Balaban J connectivity index is 2.37. The molecular weight excluding hydrogens is 366 g/mol. The SMILES string of the molecule is CCOC(=O)c1c(NC(=O)CCCC(=O)O)sc2cc(C(C)(C)C)ccc12. The number of aliphatic carboxylic acids is 1. The van der Waals surface area contributed by atoms with Crippen LogP contribution in [0, 0.1) is 0 Å². The van der Waals surface area contributed by atoms with Gasteiger partial charge in [-0.25, -0.2) is 4.79 Å². The van der Waals surface area contributed by atoms with E-state index in [1.807, 2.05) is 18.2 Å². The highest BCUT2D eigenvalue weighted by molar-refractivity contribution is 7.23. The summed E-state index contributed by atoms with van der Waals surface area (Å²) in [6.07, 6.45) is 0.255. The van der Waals surface area contributed by atoms with Crippen LogP contribution in [-0.4, -0.2) is 29.6 Å². The van der Waals surface area contributed by atoms with Crippen molar-refractivity contribution in [2.75, 3.05) is 11.9 Å². The van der Waals surface area contributed by atoms with Crippen molar-refractivity contribution in [3.63, 3.8) is 0 Å². The second-order valence-electron chi connectivity index (χ2n) is 7.28. The lowest BCUT2D eigenvalue weighted by molar-refractivity contribution is -0.137. The molecular formula is C20H25NO5S. The van der Waals surface area contributed by atoms with Gasteiger partial charge in [0.2, 0.25) is 5.91 Å². The van der Waals surface area contributed by atoms with E-state index in [1.165, 1.54) is 11.3 Å². The van der Waals surface area contributed by atoms with Crippen LogP contribution in [0.5, 0.6) is 0 Å². The number of rotatable bonds is 7. The molecule has 7 heteroatoms. The number of amides is 1. The highest BCUT2D eigenvalue weighted by Crippen LogP contribution is 2.38. The quantitative estimate of drug-likeness (QED) is 0.675. The molecule has 2 rings (SSSR count). The lowest BCUT2D eigenvalue weighted by Gasteiger charge is -2.18. The van der Waals surface area contributed by atoms with Crippen molar-refractivity contribution in [2.24, 2.45) is 0 Å². The van der Waals surface area contributed by atoms with Gasteiger partial charge in [0.25, 0.3) is 0 Å². The minimum Gasteiger partial charge on any atom is -0.481 e. The molecule has 0 bridgehead atoms. The predicted octanol–water partition coefficient (Wildman–Crippen LogP) is 4.57. The Morgan fingerprint density at radius 2 is 1.89 bits per heavy atom. The van der Waals surface area contributed by atoms with Crippen LogP contribution >= 0.6 is 11.3 Å². The first-order chi connectivity index (χ1) is 12.6. The van der Waals surface area contributed by atoms with Gasteiger partial charge in [-0.15, -0.1) is 11.3 Å². The van der Waals surface area contributed by atoms with E-state index < -0.39 is 11.9 Å². The number of fused-ring (bicyclic) bond motifs is 1. The number of esters is 1. The highest BCUT2D eigenvalue weighted by atomic mass is 32.1. The van der Waals surface area contributed by atoms with Gasteiger partial charge in [0.05, 0.1) is 6.61 Å². The Morgan fingerprint density at radius 3 is 2.48 bits per heavy atom. The van der Waals surface area contributed by atoms with Crippen LogP contribution in [0.1, 0.15) is 62.9 Å². The van der Waals surface area contributed by atoms with Crippen LogP contribution in [0.3, 0.4) is 0 Å². The molecule has 0 spiro atoms. The van der Waals surface area contributed by atoms with Gasteiger partial charge in [-0.05, 0) is 30.4 Å². The van der Waals surface area contributed by atoms with E-state index in [9.17, 15) is 14.4 Å². The van der Waals surface area contributed by atoms with Crippen LogP contribution in [0.2, 0.25) is 0 Å². The first kappa shape index (κ1) is 20.9. The molecule has 0 unspecified atom stereocenters. The number of anilines is 1. The molecule has 27 heavy (non-hydrogen) atoms. The summed E-state index contributed by atoms with van der Waals surface area (Å²) in [6, 6.07) is 5.90. The van der Waals surface area contributed by atoms with Crippen molar-refractivity contribution in [2.45, 2.75) is 52.4 Å². The summed E-state index contributed by atoms with van der Waals surface area (Å²) in [5, 5.41) is 12.6. The van der Waals surface area contributed by atoms with Crippen molar-refractivity contribution in [3.8, 4) is 0 Å². The Hall–Kier alpha value is -2.41. The molecule has 0 aliphatic heterocycles. The number of hydrogen-bond donors (Lipinski definition) is 2. The number of carboxylic acids is 1. The fourth-order valence-electron chi connectivity index (χ4n) is 2.65. The average molecular weight is 391 g/mol.